The lowest BCUT2D eigenvalue weighted by atomic mass is 9.86. The minimum atomic E-state index is -0.745. The second-order valence-corrected chi connectivity index (χ2v) is 7.57. The summed E-state index contributed by atoms with van der Waals surface area (Å²) < 4.78 is 12.1. The smallest absolute Gasteiger partial charge is 0.169 e. The van der Waals surface area contributed by atoms with Crippen LogP contribution in [0.3, 0.4) is 0 Å². The maximum atomic E-state index is 12.6. The molecule has 1 unspecified atom stereocenters. The van der Waals surface area contributed by atoms with Gasteiger partial charge in [-0.05, 0) is 18.1 Å². The Labute approximate surface area is 161 Å². The topological polar surface area (TPSA) is 38.8 Å². The highest BCUT2D eigenvalue weighted by atomic mass is 16.6. The van der Waals surface area contributed by atoms with Crippen LogP contribution in [-0.4, -0.2) is 41.6 Å². The molecule has 0 saturated carbocycles. The third kappa shape index (κ3) is 3.70. The molecule has 27 heavy (non-hydrogen) atoms. The number of hydrogen-bond acceptors (Lipinski definition) is 4. The van der Waals surface area contributed by atoms with Gasteiger partial charge in [-0.25, -0.2) is 0 Å². The standard InChI is InChI=1S/C23H27NO3/c1-18(22-23(13-15-26-22)21(25)12-14-27-23)24(16-19-8-4-2-5-9-19)17-20-10-6-3-7-11-20/h2-11,18,22H,12-17H2,1H3/t18-,22-,23?/m0/s1. The molecule has 4 nitrogen and oxygen atoms in total. The third-order valence-electron chi connectivity index (χ3n) is 5.86. The van der Waals surface area contributed by atoms with Crippen LogP contribution in [0.1, 0.15) is 30.9 Å². The van der Waals surface area contributed by atoms with E-state index in [0.717, 1.165) is 13.1 Å². The molecule has 1 spiro atoms. The van der Waals surface area contributed by atoms with Gasteiger partial charge >= 0.3 is 0 Å². The number of ketones is 1. The molecule has 0 aliphatic carbocycles. The number of nitrogens with zero attached hydrogens (tertiary/aromatic N) is 1. The van der Waals surface area contributed by atoms with E-state index in [1.807, 2.05) is 12.1 Å². The van der Waals surface area contributed by atoms with Crippen molar-refractivity contribution in [2.24, 2.45) is 0 Å². The van der Waals surface area contributed by atoms with Crippen LogP contribution in [0.25, 0.3) is 0 Å². The minimum absolute atomic E-state index is 0.0648. The monoisotopic (exact) mass is 365 g/mol. The highest BCUT2D eigenvalue weighted by molar-refractivity contribution is 5.90. The highest BCUT2D eigenvalue weighted by Crippen LogP contribution is 2.39. The van der Waals surface area contributed by atoms with Crippen molar-refractivity contribution in [2.75, 3.05) is 13.2 Å². The first-order valence-corrected chi connectivity index (χ1v) is 9.80. The van der Waals surface area contributed by atoms with Crippen LogP contribution in [0.4, 0.5) is 0 Å². The molecule has 0 bridgehead atoms. The molecule has 2 aromatic rings. The number of ether oxygens (including phenoxy) is 2. The molecule has 0 aromatic heterocycles. The SMILES string of the molecule is C[C@@H]([C@@H]1OCCC12OCCC2=O)N(Cc1ccccc1)Cc1ccccc1. The van der Waals surface area contributed by atoms with Crippen molar-refractivity contribution >= 4 is 5.78 Å². The largest absolute Gasteiger partial charge is 0.373 e. The lowest BCUT2D eigenvalue weighted by Gasteiger charge is -2.38. The molecule has 2 aliphatic rings. The Hall–Kier alpha value is -2.01. The van der Waals surface area contributed by atoms with Crippen LogP contribution in [0.5, 0.6) is 0 Å². The fourth-order valence-electron chi connectivity index (χ4n) is 4.38. The molecular formula is C23H27NO3. The summed E-state index contributed by atoms with van der Waals surface area (Å²) in [7, 11) is 0. The van der Waals surface area contributed by atoms with Crippen LogP contribution in [0.15, 0.2) is 60.7 Å². The Morgan fingerprint density at radius 3 is 2.11 bits per heavy atom. The summed E-state index contributed by atoms with van der Waals surface area (Å²) in [5, 5.41) is 0. The van der Waals surface area contributed by atoms with E-state index in [-0.39, 0.29) is 17.9 Å². The van der Waals surface area contributed by atoms with Crippen LogP contribution in [0.2, 0.25) is 0 Å². The Kier molecular flexibility index (Phi) is 5.39. The fraction of sp³-hybridized carbons (Fsp3) is 0.435. The van der Waals surface area contributed by atoms with E-state index in [1.54, 1.807) is 0 Å². The zero-order valence-electron chi connectivity index (χ0n) is 15.8. The Morgan fingerprint density at radius 2 is 1.59 bits per heavy atom. The second kappa shape index (κ2) is 7.93. The van der Waals surface area contributed by atoms with Crippen LogP contribution < -0.4 is 0 Å². The van der Waals surface area contributed by atoms with Gasteiger partial charge in [0.2, 0.25) is 0 Å². The quantitative estimate of drug-likeness (QED) is 0.784. The lowest BCUT2D eigenvalue weighted by molar-refractivity contribution is -0.142. The summed E-state index contributed by atoms with van der Waals surface area (Å²) in [6, 6.07) is 21.0. The van der Waals surface area contributed by atoms with E-state index in [9.17, 15) is 4.79 Å². The maximum Gasteiger partial charge on any atom is 0.169 e. The molecule has 3 atom stereocenters. The van der Waals surface area contributed by atoms with Crippen molar-refractivity contribution < 1.29 is 14.3 Å². The van der Waals surface area contributed by atoms with Gasteiger partial charge in [0.25, 0.3) is 0 Å². The minimum Gasteiger partial charge on any atom is -0.373 e. The van der Waals surface area contributed by atoms with E-state index in [1.165, 1.54) is 11.1 Å². The second-order valence-electron chi connectivity index (χ2n) is 7.57. The molecule has 0 radical (unpaired) electrons. The van der Waals surface area contributed by atoms with Gasteiger partial charge in [-0.2, -0.15) is 0 Å². The lowest BCUT2D eigenvalue weighted by Crippen LogP contribution is -2.54. The normalized spacial score (nSPS) is 26.1. The number of carbonyl (C=O) groups is 1. The zero-order chi connectivity index (χ0) is 18.7. The average molecular weight is 365 g/mol. The summed E-state index contributed by atoms with van der Waals surface area (Å²) in [4.78, 5) is 15.0. The first-order valence-electron chi connectivity index (χ1n) is 9.80. The van der Waals surface area contributed by atoms with Crippen molar-refractivity contribution in [3.63, 3.8) is 0 Å². The molecule has 2 aromatic carbocycles. The Bertz CT molecular complexity index is 718. The number of rotatable bonds is 6. The van der Waals surface area contributed by atoms with Crippen LogP contribution in [0, 0.1) is 0 Å². The van der Waals surface area contributed by atoms with E-state index in [4.69, 9.17) is 9.47 Å². The molecule has 2 fully saturated rings. The number of Topliss-reactive ketones (excluding diaryl/α,β-unsaturated/α-hetero) is 1. The Morgan fingerprint density at radius 1 is 1.00 bits per heavy atom. The van der Waals surface area contributed by atoms with Gasteiger partial charge in [-0.1, -0.05) is 60.7 Å². The predicted octanol–water partition coefficient (Wildman–Crippen LogP) is 3.59. The number of benzene rings is 2. The molecule has 2 saturated heterocycles. The summed E-state index contributed by atoms with van der Waals surface area (Å²) in [6.07, 6.45) is 0.954. The van der Waals surface area contributed by atoms with Crippen LogP contribution in [-0.2, 0) is 27.4 Å². The molecule has 4 rings (SSSR count). The highest BCUT2D eigenvalue weighted by Gasteiger charge is 2.56. The van der Waals surface area contributed by atoms with Gasteiger partial charge in [-0.3, -0.25) is 9.69 Å². The van der Waals surface area contributed by atoms with Gasteiger partial charge in [0.05, 0.1) is 13.2 Å². The molecule has 4 heteroatoms. The van der Waals surface area contributed by atoms with Crippen LogP contribution >= 0.6 is 0 Å². The maximum absolute atomic E-state index is 12.6. The van der Waals surface area contributed by atoms with E-state index in [2.05, 4.69) is 60.4 Å². The summed E-state index contributed by atoms with van der Waals surface area (Å²) in [5.41, 5.74) is 1.77. The third-order valence-corrected chi connectivity index (χ3v) is 5.86. The molecule has 2 heterocycles. The van der Waals surface area contributed by atoms with E-state index in [0.29, 0.717) is 26.1 Å². The molecule has 0 amide bonds. The zero-order valence-corrected chi connectivity index (χ0v) is 15.8. The summed E-state index contributed by atoms with van der Waals surface area (Å²) in [5.74, 6) is 0.205. The number of hydrogen-bond donors (Lipinski definition) is 0. The van der Waals surface area contributed by atoms with Gasteiger partial charge in [-0.15, -0.1) is 0 Å². The first kappa shape index (κ1) is 18.4. The number of carbonyl (C=O) groups excluding carboxylic acids is 1. The van der Waals surface area contributed by atoms with Gasteiger partial charge in [0, 0.05) is 32.0 Å². The Balaban J connectivity index is 1.59. The van der Waals surface area contributed by atoms with Gasteiger partial charge in [0.15, 0.2) is 11.4 Å². The van der Waals surface area contributed by atoms with E-state index >= 15 is 0 Å². The van der Waals surface area contributed by atoms with Crippen molar-refractivity contribution in [1.29, 1.82) is 0 Å². The van der Waals surface area contributed by atoms with Gasteiger partial charge in [0.1, 0.15) is 6.10 Å². The average Bonchev–Trinajstić information content (AvgIpc) is 3.29. The van der Waals surface area contributed by atoms with Crippen molar-refractivity contribution in [3.05, 3.63) is 71.8 Å². The van der Waals surface area contributed by atoms with E-state index < -0.39 is 5.60 Å². The summed E-state index contributed by atoms with van der Waals surface area (Å²) in [6.45, 7) is 4.88. The van der Waals surface area contributed by atoms with Crippen molar-refractivity contribution in [3.8, 4) is 0 Å². The fourth-order valence-corrected chi connectivity index (χ4v) is 4.38. The van der Waals surface area contributed by atoms with Crippen molar-refractivity contribution in [1.82, 2.24) is 4.90 Å². The summed E-state index contributed by atoms with van der Waals surface area (Å²) >= 11 is 0. The molecular weight excluding hydrogens is 338 g/mol. The van der Waals surface area contributed by atoms with Crippen molar-refractivity contribution in [2.45, 2.75) is 50.6 Å². The molecule has 2 aliphatic heterocycles. The first-order chi connectivity index (χ1) is 13.2. The molecule has 142 valence electrons. The van der Waals surface area contributed by atoms with Gasteiger partial charge < -0.3 is 9.47 Å². The predicted molar refractivity (Wildman–Crippen MR) is 104 cm³/mol. The molecule has 0 N–H and O–H groups in total.